The van der Waals surface area contributed by atoms with Crippen LogP contribution in [0.4, 0.5) is 11.4 Å². The molecule has 0 bridgehead atoms. The van der Waals surface area contributed by atoms with E-state index in [0.29, 0.717) is 52.2 Å². The molecule has 1 aliphatic heterocycles. The third-order valence-electron chi connectivity index (χ3n) is 5.21. The monoisotopic (exact) mass is 492 g/mol. The minimum Gasteiger partial charge on any atom is -0.492 e. The highest BCUT2D eigenvalue weighted by Gasteiger charge is 2.21. The molecule has 7 nitrogen and oxygen atoms in total. The van der Waals surface area contributed by atoms with Gasteiger partial charge in [-0.3, -0.25) is 9.59 Å². The second-order valence-corrected chi connectivity index (χ2v) is 8.06. The van der Waals surface area contributed by atoms with Gasteiger partial charge in [0.1, 0.15) is 23.9 Å². The summed E-state index contributed by atoms with van der Waals surface area (Å²) in [4.78, 5) is 25.8. The summed E-state index contributed by atoms with van der Waals surface area (Å²) in [5, 5.41) is 6.29. The first kappa shape index (κ1) is 24.2. The Morgan fingerprint density at radius 1 is 0.886 bits per heavy atom. The lowest BCUT2D eigenvalue weighted by Gasteiger charge is -2.20. The Labute approximate surface area is 208 Å². The molecule has 3 aromatic carbocycles. The van der Waals surface area contributed by atoms with Crippen LogP contribution in [0.3, 0.4) is 0 Å². The predicted molar refractivity (Wildman–Crippen MR) is 137 cm³/mol. The highest BCUT2D eigenvalue weighted by molar-refractivity contribution is 6.30. The molecule has 0 atom stereocenters. The fraction of sp³-hybridized carbons (Fsp3) is 0.185. The Hall–Kier alpha value is -3.97. The van der Waals surface area contributed by atoms with E-state index in [1.54, 1.807) is 42.5 Å². The molecule has 8 heteroatoms. The van der Waals surface area contributed by atoms with Gasteiger partial charge < -0.3 is 24.8 Å². The topological polar surface area (TPSA) is 85.9 Å². The molecule has 3 aromatic rings. The van der Waals surface area contributed by atoms with Gasteiger partial charge in [-0.1, -0.05) is 29.8 Å². The SMILES string of the molecule is CCOc1cc(NC(=O)c2ccc(Cl)cc2)c(OCC)cc1NC(=O)C1=Cc2ccccc2OC1. The van der Waals surface area contributed by atoms with Gasteiger partial charge in [0.2, 0.25) is 0 Å². The number of para-hydroxylation sites is 1. The molecule has 0 saturated carbocycles. The van der Waals surface area contributed by atoms with Crippen molar-refractivity contribution in [2.75, 3.05) is 30.5 Å². The minimum atomic E-state index is -0.329. The molecule has 2 N–H and O–H groups in total. The summed E-state index contributed by atoms with van der Waals surface area (Å²) in [6.45, 7) is 4.55. The third kappa shape index (κ3) is 5.75. The highest BCUT2D eigenvalue weighted by atomic mass is 35.5. The van der Waals surface area contributed by atoms with Gasteiger partial charge in [-0.25, -0.2) is 0 Å². The van der Waals surface area contributed by atoms with Crippen LogP contribution in [-0.4, -0.2) is 31.6 Å². The fourth-order valence-electron chi connectivity index (χ4n) is 3.55. The number of anilines is 2. The van der Waals surface area contributed by atoms with Crippen LogP contribution < -0.4 is 24.8 Å². The number of benzene rings is 3. The molecule has 1 heterocycles. The van der Waals surface area contributed by atoms with Crippen molar-refractivity contribution in [2.24, 2.45) is 0 Å². The second kappa shape index (κ2) is 11.0. The molecule has 4 rings (SSSR count). The molecular formula is C27H25ClN2O5. The van der Waals surface area contributed by atoms with Crippen molar-refractivity contribution >= 4 is 40.9 Å². The number of ether oxygens (including phenoxy) is 3. The molecule has 2 amide bonds. The maximum Gasteiger partial charge on any atom is 0.255 e. The lowest BCUT2D eigenvalue weighted by molar-refractivity contribution is -0.113. The van der Waals surface area contributed by atoms with Crippen molar-refractivity contribution in [3.63, 3.8) is 0 Å². The van der Waals surface area contributed by atoms with Crippen molar-refractivity contribution in [3.8, 4) is 17.2 Å². The smallest absolute Gasteiger partial charge is 0.255 e. The van der Waals surface area contributed by atoms with E-state index in [2.05, 4.69) is 10.6 Å². The second-order valence-electron chi connectivity index (χ2n) is 7.62. The number of amides is 2. The van der Waals surface area contributed by atoms with E-state index in [0.717, 1.165) is 11.3 Å². The van der Waals surface area contributed by atoms with Crippen LogP contribution in [-0.2, 0) is 4.79 Å². The van der Waals surface area contributed by atoms with E-state index in [1.165, 1.54) is 0 Å². The lowest BCUT2D eigenvalue weighted by Crippen LogP contribution is -2.22. The van der Waals surface area contributed by atoms with E-state index in [-0.39, 0.29) is 18.4 Å². The molecule has 1 aliphatic rings. The van der Waals surface area contributed by atoms with E-state index in [9.17, 15) is 9.59 Å². The van der Waals surface area contributed by atoms with Gasteiger partial charge in [0.15, 0.2) is 0 Å². The number of rotatable bonds is 8. The molecule has 0 aromatic heterocycles. The molecule has 0 radical (unpaired) electrons. The highest BCUT2D eigenvalue weighted by Crippen LogP contribution is 2.38. The molecule has 180 valence electrons. The standard InChI is InChI=1S/C27H25ClN2O5/c1-3-33-24-15-22(30-27(32)19-13-18-7-5-6-8-23(18)35-16-19)25(34-4-2)14-21(24)29-26(31)17-9-11-20(28)12-10-17/h5-15H,3-4,16H2,1-2H3,(H,29,31)(H,30,32). The van der Waals surface area contributed by atoms with Gasteiger partial charge in [-0.15, -0.1) is 0 Å². The van der Waals surface area contributed by atoms with Crippen LogP contribution in [0.15, 0.2) is 66.2 Å². The quantitative estimate of drug-likeness (QED) is 0.415. The van der Waals surface area contributed by atoms with Crippen LogP contribution in [0.1, 0.15) is 29.8 Å². The fourth-order valence-corrected chi connectivity index (χ4v) is 3.68. The average Bonchev–Trinajstić information content (AvgIpc) is 2.86. The number of halogens is 1. The van der Waals surface area contributed by atoms with Crippen LogP contribution in [0.25, 0.3) is 6.08 Å². The number of fused-ring (bicyclic) bond motifs is 1. The largest absolute Gasteiger partial charge is 0.492 e. The number of carbonyl (C=O) groups excluding carboxylic acids is 2. The van der Waals surface area contributed by atoms with E-state index >= 15 is 0 Å². The average molecular weight is 493 g/mol. The Kier molecular flexibility index (Phi) is 7.57. The molecular weight excluding hydrogens is 468 g/mol. The summed E-state index contributed by atoms with van der Waals surface area (Å²) in [6, 6.07) is 17.4. The van der Waals surface area contributed by atoms with Crippen LogP contribution in [0.5, 0.6) is 17.2 Å². The van der Waals surface area contributed by atoms with Gasteiger partial charge in [-0.2, -0.15) is 0 Å². The normalized spacial score (nSPS) is 12.0. The number of nitrogens with one attached hydrogen (secondary N) is 2. The minimum absolute atomic E-state index is 0.153. The van der Waals surface area contributed by atoms with Crippen molar-refractivity contribution in [1.29, 1.82) is 0 Å². The zero-order valence-corrected chi connectivity index (χ0v) is 20.1. The first-order chi connectivity index (χ1) is 17.0. The van der Waals surface area contributed by atoms with Crippen molar-refractivity contribution in [1.82, 2.24) is 0 Å². The molecule has 0 saturated heterocycles. The summed E-state index contributed by atoms with van der Waals surface area (Å²) >= 11 is 5.92. The van der Waals surface area contributed by atoms with E-state index < -0.39 is 0 Å². The zero-order chi connectivity index (χ0) is 24.8. The molecule has 0 unspecified atom stereocenters. The van der Waals surface area contributed by atoms with Crippen LogP contribution in [0.2, 0.25) is 5.02 Å². The summed E-state index contributed by atoms with van der Waals surface area (Å²) in [6.07, 6.45) is 1.80. The van der Waals surface area contributed by atoms with Gasteiger partial charge in [0.25, 0.3) is 11.8 Å². The summed E-state index contributed by atoms with van der Waals surface area (Å²) in [5.41, 5.74) is 2.59. The molecule has 0 fully saturated rings. The van der Waals surface area contributed by atoms with Gasteiger partial charge in [-0.05, 0) is 50.3 Å². The molecule has 35 heavy (non-hydrogen) atoms. The lowest BCUT2D eigenvalue weighted by atomic mass is 10.1. The van der Waals surface area contributed by atoms with E-state index in [4.69, 9.17) is 25.8 Å². The van der Waals surface area contributed by atoms with Gasteiger partial charge in [0, 0.05) is 28.3 Å². The zero-order valence-electron chi connectivity index (χ0n) is 19.4. The van der Waals surface area contributed by atoms with Gasteiger partial charge >= 0.3 is 0 Å². The third-order valence-corrected chi connectivity index (χ3v) is 5.46. The predicted octanol–water partition coefficient (Wildman–Crippen LogP) is 5.80. The van der Waals surface area contributed by atoms with E-state index in [1.807, 2.05) is 38.1 Å². The summed E-state index contributed by atoms with van der Waals surface area (Å²) < 4.78 is 17.2. The van der Waals surface area contributed by atoms with Crippen molar-refractivity contribution in [2.45, 2.75) is 13.8 Å². The number of hydrogen-bond acceptors (Lipinski definition) is 5. The van der Waals surface area contributed by atoms with Crippen LogP contribution in [0, 0.1) is 0 Å². The maximum atomic E-state index is 13.0. The Morgan fingerprint density at radius 3 is 2.11 bits per heavy atom. The Balaban J connectivity index is 1.61. The van der Waals surface area contributed by atoms with Gasteiger partial charge in [0.05, 0.1) is 30.2 Å². The first-order valence-electron chi connectivity index (χ1n) is 11.2. The molecule has 0 aliphatic carbocycles. The Morgan fingerprint density at radius 2 is 1.49 bits per heavy atom. The van der Waals surface area contributed by atoms with Crippen molar-refractivity contribution < 1.29 is 23.8 Å². The maximum absolute atomic E-state index is 13.0. The summed E-state index contributed by atoms with van der Waals surface area (Å²) in [7, 11) is 0. The summed E-state index contributed by atoms with van der Waals surface area (Å²) in [5.74, 6) is 0.880. The van der Waals surface area contributed by atoms with Crippen molar-refractivity contribution in [3.05, 3.63) is 82.4 Å². The number of hydrogen-bond donors (Lipinski definition) is 2. The molecule has 0 spiro atoms. The number of carbonyl (C=O) groups is 2. The Bertz CT molecular complexity index is 1270. The first-order valence-corrected chi connectivity index (χ1v) is 11.6. The van der Waals surface area contributed by atoms with Crippen LogP contribution >= 0.6 is 11.6 Å².